The molecular weight excluding hydrogens is 459 g/mol. The van der Waals surface area contributed by atoms with Crippen LogP contribution in [0.5, 0.6) is 11.5 Å². The Labute approximate surface area is 172 Å². The van der Waals surface area contributed by atoms with Gasteiger partial charge in [-0.3, -0.25) is 20.4 Å². The smallest absolute Gasteiger partial charge is 0.276 e. The molecule has 0 aromatic heterocycles. The van der Waals surface area contributed by atoms with Gasteiger partial charge in [-0.2, -0.15) is 0 Å². The molecule has 0 unspecified atom stereocenters. The molecule has 144 valence electrons. The summed E-state index contributed by atoms with van der Waals surface area (Å²) in [6.07, 6.45) is 0. The Morgan fingerprint density at radius 1 is 1.07 bits per heavy atom. The highest BCUT2D eigenvalue weighted by Crippen LogP contribution is 2.27. The van der Waals surface area contributed by atoms with Crippen molar-refractivity contribution < 1.29 is 19.1 Å². The predicted octanol–water partition coefficient (Wildman–Crippen LogP) is 3.57. The van der Waals surface area contributed by atoms with Crippen LogP contribution in [0.3, 0.4) is 0 Å². The zero-order valence-corrected chi connectivity index (χ0v) is 17.9. The summed E-state index contributed by atoms with van der Waals surface area (Å²) in [7, 11) is 1.57. The maximum absolute atomic E-state index is 12.2. The van der Waals surface area contributed by atoms with Crippen LogP contribution in [0, 0.1) is 10.5 Å². The second-order valence-electron chi connectivity index (χ2n) is 6.34. The largest absolute Gasteiger partial charge is 0.496 e. The second kappa shape index (κ2) is 9.59. The summed E-state index contributed by atoms with van der Waals surface area (Å²) >= 11 is 2.08. The normalized spacial score (nSPS) is 10.4. The zero-order chi connectivity index (χ0) is 20.0. The SMILES string of the molecule is COc1ccc(C(=O)NNC(=O)COc2cc(C)ccc2C(C)C)cc1I. The van der Waals surface area contributed by atoms with E-state index in [1.54, 1.807) is 25.3 Å². The van der Waals surface area contributed by atoms with Crippen molar-refractivity contribution in [1.29, 1.82) is 0 Å². The van der Waals surface area contributed by atoms with Crippen LogP contribution in [0.4, 0.5) is 0 Å². The van der Waals surface area contributed by atoms with E-state index < -0.39 is 11.8 Å². The number of hydrogen-bond acceptors (Lipinski definition) is 4. The lowest BCUT2D eigenvalue weighted by molar-refractivity contribution is -0.123. The van der Waals surface area contributed by atoms with E-state index in [1.807, 2.05) is 25.1 Å². The molecule has 2 aromatic carbocycles. The summed E-state index contributed by atoms with van der Waals surface area (Å²) in [5, 5.41) is 0. The van der Waals surface area contributed by atoms with Crippen LogP contribution >= 0.6 is 22.6 Å². The van der Waals surface area contributed by atoms with Crippen LogP contribution in [0.1, 0.15) is 41.3 Å². The molecule has 0 aliphatic carbocycles. The molecule has 0 bridgehead atoms. The Balaban J connectivity index is 1.90. The van der Waals surface area contributed by atoms with Crippen LogP contribution in [-0.4, -0.2) is 25.5 Å². The number of halogens is 1. The van der Waals surface area contributed by atoms with Crippen molar-refractivity contribution in [2.45, 2.75) is 26.7 Å². The molecule has 2 rings (SSSR count). The highest BCUT2D eigenvalue weighted by Gasteiger charge is 2.12. The van der Waals surface area contributed by atoms with Crippen molar-refractivity contribution in [1.82, 2.24) is 10.9 Å². The first-order chi connectivity index (χ1) is 12.8. The van der Waals surface area contributed by atoms with Crippen molar-refractivity contribution >= 4 is 34.4 Å². The predicted molar refractivity (Wildman–Crippen MR) is 112 cm³/mol. The van der Waals surface area contributed by atoms with Crippen molar-refractivity contribution in [3.05, 3.63) is 56.7 Å². The number of carbonyl (C=O) groups excluding carboxylic acids is 2. The van der Waals surface area contributed by atoms with Gasteiger partial charge in [-0.1, -0.05) is 26.0 Å². The number of hydrazine groups is 1. The summed E-state index contributed by atoms with van der Waals surface area (Å²) < 4.78 is 11.6. The average molecular weight is 482 g/mol. The number of nitrogens with one attached hydrogen (secondary N) is 2. The molecule has 0 spiro atoms. The van der Waals surface area contributed by atoms with E-state index in [1.165, 1.54) is 0 Å². The van der Waals surface area contributed by atoms with Gasteiger partial charge >= 0.3 is 0 Å². The topological polar surface area (TPSA) is 76.7 Å². The number of benzene rings is 2. The lowest BCUT2D eigenvalue weighted by Gasteiger charge is -2.15. The third-order valence-electron chi connectivity index (χ3n) is 3.88. The summed E-state index contributed by atoms with van der Waals surface area (Å²) in [5.41, 5.74) is 7.26. The zero-order valence-electron chi connectivity index (χ0n) is 15.8. The van der Waals surface area contributed by atoms with Crippen molar-refractivity contribution in [2.24, 2.45) is 0 Å². The number of rotatable bonds is 6. The molecule has 6 nitrogen and oxygen atoms in total. The monoisotopic (exact) mass is 482 g/mol. The molecular formula is C20H23IN2O4. The Morgan fingerprint density at radius 2 is 1.81 bits per heavy atom. The number of ether oxygens (including phenoxy) is 2. The molecule has 0 aliphatic rings. The van der Waals surface area contributed by atoms with Gasteiger partial charge in [0.1, 0.15) is 11.5 Å². The standard InChI is InChI=1S/C20H23IN2O4/c1-12(2)15-7-5-13(3)9-18(15)27-11-19(24)22-23-20(25)14-6-8-17(26-4)16(21)10-14/h5-10,12H,11H2,1-4H3,(H,22,24)(H,23,25). The van der Waals surface area contributed by atoms with Crippen LogP contribution in [0.2, 0.25) is 0 Å². The van der Waals surface area contributed by atoms with Gasteiger partial charge in [0, 0.05) is 5.56 Å². The lowest BCUT2D eigenvalue weighted by atomic mass is 10.0. The molecule has 7 heteroatoms. The Hall–Kier alpha value is -2.29. The van der Waals surface area contributed by atoms with E-state index in [2.05, 4.69) is 47.3 Å². The fourth-order valence-electron chi connectivity index (χ4n) is 2.43. The number of hydrogen-bond donors (Lipinski definition) is 2. The number of carbonyl (C=O) groups is 2. The number of aryl methyl sites for hydroxylation is 1. The minimum absolute atomic E-state index is 0.191. The maximum Gasteiger partial charge on any atom is 0.276 e. The quantitative estimate of drug-likeness (QED) is 0.488. The summed E-state index contributed by atoms with van der Waals surface area (Å²) in [4.78, 5) is 24.2. The fourth-order valence-corrected chi connectivity index (χ4v) is 3.16. The third kappa shape index (κ3) is 5.85. The molecule has 0 aliphatic heterocycles. The van der Waals surface area contributed by atoms with Gasteiger partial charge in [0.15, 0.2) is 6.61 Å². The van der Waals surface area contributed by atoms with Crippen LogP contribution < -0.4 is 20.3 Å². The van der Waals surface area contributed by atoms with Gasteiger partial charge in [-0.25, -0.2) is 0 Å². The van der Waals surface area contributed by atoms with Crippen LogP contribution in [-0.2, 0) is 4.79 Å². The van der Waals surface area contributed by atoms with E-state index in [-0.39, 0.29) is 12.5 Å². The maximum atomic E-state index is 12.2. The second-order valence-corrected chi connectivity index (χ2v) is 7.50. The van der Waals surface area contributed by atoms with E-state index in [0.29, 0.717) is 17.1 Å². The molecule has 0 saturated heterocycles. The van der Waals surface area contributed by atoms with Gasteiger partial charge in [-0.05, 0) is 70.8 Å². The molecule has 0 atom stereocenters. The lowest BCUT2D eigenvalue weighted by Crippen LogP contribution is -2.43. The van der Waals surface area contributed by atoms with E-state index in [4.69, 9.17) is 9.47 Å². The molecule has 2 N–H and O–H groups in total. The number of methoxy groups -OCH3 is 1. The van der Waals surface area contributed by atoms with Gasteiger partial charge < -0.3 is 9.47 Å². The average Bonchev–Trinajstić information content (AvgIpc) is 2.64. The molecule has 0 saturated carbocycles. The Kier molecular flexibility index (Phi) is 7.46. The first-order valence-corrected chi connectivity index (χ1v) is 9.55. The summed E-state index contributed by atoms with van der Waals surface area (Å²) in [5.74, 6) is 0.783. The van der Waals surface area contributed by atoms with Crippen molar-refractivity contribution in [3.63, 3.8) is 0 Å². The van der Waals surface area contributed by atoms with Gasteiger partial charge in [0.25, 0.3) is 11.8 Å². The summed E-state index contributed by atoms with van der Waals surface area (Å²) in [6, 6.07) is 10.9. The van der Waals surface area contributed by atoms with E-state index in [9.17, 15) is 9.59 Å². The Bertz CT molecular complexity index is 837. The fraction of sp³-hybridized carbons (Fsp3) is 0.300. The highest BCUT2D eigenvalue weighted by atomic mass is 127. The molecule has 0 fully saturated rings. The van der Waals surface area contributed by atoms with Gasteiger partial charge in [-0.15, -0.1) is 0 Å². The highest BCUT2D eigenvalue weighted by molar-refractivity contribution is 14.1. The van der Waals surface area contributed by atoms with Crippen LogP contribution in [0.25, 0.3) is 0 Å². The minimum Gasteiger partial charge on any atom is -0.496 e. The first-order valence-electron chi connectivity index (χ1n) is 8.48. The van der Waals surface area contributed by atoms with Crippen LogP contribution in [0.15, 0.2) is 36.4 Å². The molecule has 2 amide bonds. The third-order valence-corrected chi connectivity index (χ3v) is 4.72. The molecule has 2 aromatic rings. The molecule has 0 heterocycles. The van der Waals surface area contributed by atoms with E-state index >= 15 is 0 Å². The molecule has 27 heavy (non-hydrogen) atoms. The van der Waals surface area contributed by atoms with E-state index in [0.717, 1.165) is 14.7 Å². The van der Waals surface area contributed by atoms with Gasteiger partial charge in [0.05, 0.1) is 10.7 Å². The first kappa shape index (κ1) is 21.0. The van der Waals surface area contributed by atoms with Crippen molar-refractivity contribution in [3.8, 4) is 11.5 Å². The Morgan fingerprint density at radius 3 is 2.44 bits per heavy atom. The summed E-state index contributed by atoms with van der Waals surface area (Å²) in [6.45, 7) is 5.90. The number of amides is 2. The molecule has 0 radical (unpaired) electrons. The van der Waals surface area contributed by atoms with Crippen molar-refractivity contribution in [2.75, 3.05) is 13.7 Å². The van der Waals surface area contributed by atoms with Gasteiger partial charge in [0.2, 0.25) is 0 Å². The minimum atomic E-state index is -0.442.